The third kappa shape index (κ3) is 5.39. The van der Waals surface area contributed by atoms with Gasteiger partial charge >= 0.3 is 0 Å². The van der Waals surface area contributed by atoms with Crippen LogP contribution in [-0.4, -0.2) is 48.8 Å². The van der Waals surface area contributed by atoms with Crippen LogP contribution in [0, 0.1) is 23.0 Å². The summed E-state index contributed by atoms with van der Waals surface area (Å²) in [6.45, 7) is 5.31. The first-order valence-corrected chi connectivity index (χ1v) is 14.0. The highest BCUT2D eigenvalue weighted by atomic mass is 19.1. The Morgan fingerprint density at radius 3 is 2.52 bits per heavy atom. The molecule has 3 aromatic rings. The summed E-state index contributed by atoms with van der Waals surface area (Å²) < 4.78 is 31.3. The number of anilines is 1. The number of rotatable bonds is 8. The number of carbonyl (C=O) groups excluding carboxylic acids is 3. The van der Waals surface area contributed by atoms with Crippen molar-refractivity contribution in [3.05, 3.63) is 53.2 Å². The maximum absolute atomic E-state index is 15.4. The molecule has 1 aromatic heterocycles. The SMILES string of the molecule is CNCCNC(=O)C1CCC(Nc2cc(-c3c4n(c5cc(F)ccc35)C(=O)CC(C)(C)C4)cc(F)c2C=O)CC1. The largest absolute Gasteiger partial charge is 0.382 e. The van der Waals surface area contributed by atoms with Crippen LogP contribution in [0.4, 0.5) is 14.5 Å². The molecule has 1 fully saturated rings. The molecule has 2 heterocycles. The lowest BCUT2D eigenvalue weighted by Gasteiger charge is -2.31. The molecule has 1 aliphatic heterocycles. The van der Waals surface area contributed by atoms with Gasteiger partial charge in [-0.2, -0.15) is 0 Å². The van der Waals surface area contributed by atoms with E-state index in [-0.39, 0.29) is 34.8 Å². The van der Waals surface area contributed by atoms with Crippen LogP contribution < -0.4 is 16.0 Å². The van der Waals surface area contributed by atoms with Gasteiger partial charge in [-0.25, -0.2) is 8.78 Å². The number of carbonyl (C=O) groups is 3. The first kappa shape index (κ1) is 28.0. The molecule has 212 valence electrons. The van der Waals surface area contributed by atoms with Crippen molar-refractivity contribution in [1.82, 2.24) is 15.2 Å². The van der Waals surface area contributed by atoms with E-state index < -0.39 is 11.6 Å². The summed E-state index contributed by atoms with van der Waals surface area (Å²) in [5.41, 5.74) is 2.40. The third-order valence-corrected chi connectivity index (χ3v) is 8.22. The Labute approximate surface area is 232 Å². The topological polar surface area (TPSA) is 92.2 Å². The molecule has 9 heteroatoms. The standard InChI is InChI=1S/C31H36F2N4O3/c1-31(2)15-27-29(22-9-6-20(32)14-26(22)37(27)28(39)16-31)19-12-24(33)23(17-38)25(13-19)36-21-7-4-18(5-8-21)30(40)35-11-10-34-3/h6,9,12-14,17-18,21,34,36H,4-5,7-8,10-11,15-16H2,1-3H3,(H,35,40). The van der Waals surface area contributed by atoms with Crippen molar-refractivity contribution in [2.45, 2.75) is 58.4 Å². The summed E-state index contributed by atoms with van der Waals surface area (Å²) in [5, 5.41) is 9.99. The summed E-state index contributed by atoms with van der Waals surface area (Å²) in [6.07, 6.45) is 4.20. The monoisotopic (exact) mass is 550 g/mol. The van der Waals surface area contributed by atoms with Gasteiger partial charge in [0, 0.05) is 53.8 Å². The van der Waals surface area contributed by atoms with Gasteiger partial charge in [-0.15, -0.1) is 0 Å². The first-order valence-electron chi connectivity index (χ1n) is 14.0. The molecule has 1 aliphatic carbocycles. The smallest absolute Gasteiger partial charge is 0.231 e. The molecule has 0 bridgehead atoms. The van der Waals surface area contributed by atoms with Gasteiger partial charge in [0.1, 0.15) is 11.6 Å². The van der Waals surface area contributed by atoms with Crippen LogP contribution in [-0.2, 0) is 11.2 Å². The zero-order chi connectivity index (χ0) is 28.6. The molecule has 40 heavy (non-hydrogen) atoms. The Bertz CT molecular complexity index is 1470. The van der Waals surface area contributed by atoms with E-state index in [0.29, 0.717) is 85.6 Å². The van der Waals surface area contributed by atoms with Gasteiger partial charge in [0.25, 0.3) is 0 Å². The molecule has 0 unspecified atom stereocenters. The highest BCUT2D eigenvalue weighted by Gasteiger charge is 2.35. The van der Waals surface area contributed by atoms with Gasteiger partial charge in [-0.1, -0.05) is 13.8 Å². The average Bonchev–Trinajstić information content (AvgIpc) is 3.21. The van der Waals surface area contributed by atoms with Crippen LogP contribution in [0.15, 0.2) is 30.3 Å². The van der Waals surface area contributed by atoms with E-state index in [2.05, 4.69) is 16.0 Å². The van der Waals surface area contributed by atoms with E-state index in [1.807, 2.05) is 20.9 Å². The van der Waals surface area contributed by atoms with Crippen LogP contribution in [0.2, 0.25) is 0 Å². The third-order valence-electron chi connectivity index (χ3n) is 8.22. The molecular formula is C31H36F2N4O3. The van der Waals surface area contributed by atoms with E-state index in [0.717, 1.165) is 5.69 Å². The van der Waals surface area contributed by atoms with Crippen molar-refractivity contribution in [1.29, 1.82) is 0 Å². The lowest BCUT2D eigenvalue weighted by Crippen LogP contribution is -2.38. The predicted octanol–water partition coefficient (Wildman–Crippen LogP) is 5.32. The van der Waals surface area contributed by atoms with Gasteiger partial charge in [0.2, 0.25) is 11.8 Å². The summed E-state index contributed by atoms with van der Waals surface area (Å²) in [4.78, 5) is 37.6. The number of amides is 1. The Morgan fingerprint density at radius 1 is 1.07 bits per heavy atom. The molecule has 2 aliphatic rings. The van der Waals surface area contributed by atoms with Crippen molar-refractivity contribution in [3.63, 3.8) is 0 Å². The van der Waals surface area contributed by atoms with E-state index in [9.17, 15) is 18.8 Å². The van der Waals surface area contributed by atoms with Gasteiger partial charge in [0.05, 0.1) is 11.1 Å². The summed E-state index contributed by atoms with van der Waals surface area (Å²) in [5.74, 6) is -1.25. The molecule has 0 atom stereocenters. The second-order valence-electron chi connectivity index (χ2n) is 11.9. The molecule has 0 radical (unpaired) electrons. The van der Waals surface area contributed by atoms with E-state index in [4.69, 9.17) is 0 Å². The van der Waals surface area contributed by atoms with E-state index in [1.165, 1.54) is 18.2 Å². The van der Waals surface area contributed by atoms with Crippen LogP contribution >= 0.6 is 0 Å². The Kier molecular flexibility index (Phi) is 7.77. The minimum absolute atomic E-state index is 0.0241. The number of nitrogens with zero attached hydrogens (tertiary/aromatic N) is 1. The minimum atomic E-state index is -0.663. The second kappa shape index (κ2) is 11.1. The zero-order valence-electron chi connectivity index (χ0n) is 23.2. The fourth-order valence-corrected chi connectivity index (χ4v) is 6.27. The fourth-order valence-electron chi connectivity index (χ4n) is 6.27. The molecule has 7 nitrogen and oxygen atoms in total. The van der Waals surface area contributed by atoms with Crippen molar-refractivity contribution in [2.75, 3.05) is 25.5 Å². The Balaban J connectivity index is 1.48. The van der Waals surface area contributed by atoms with Crippen LogP contribution in [0.1, 0.15) is 66.8 Å². The summed E-state index contributed by atoms with van der Waals surface area (Å²) in [6, 6.07) is 7.38. The molecule has 3 N–H and O–H groups in total. The lowest BCUT2D eigenvalue weighted by atomic mass is 9.80. The molecule has 0 spiro atoms. The van der Waals surface area contributed by atoms with E-state index in [1.54, 1.807) is 16.7 Å². The lowest BCUT2D eigenvalue weighted by molar-refractivity contribution is -0.125. The second-order valence-corrected chi connectivity index (χ2v) is 11.9. The Morgan fingerprint density at radius 2 is 1.82 bits per heavy atom. The first-order chi connectivity index (χ1) is 19.1. The Hall–Kier alpha value is -3.59. The highest BCUT2D eigenvalue weighted by Crippen LogP contribution is 2.44. The van der Waals surface area contributed by atoms with Crippen molar-refractivity contribution in [3.8, 4) is 11.1 Å². The minimum Gasteiger partial charge on any atom is -0.382 e. The number of hydrogen-bond donors (Lipinski definition) is 3. The van der Waals surface area contributed by atoms with Gasteiger partial charge in [-0.05, 0) is 80.5 Å². The van der Waals surface area contributed by atoms with Gasteiger partial charge in [-0.3, -0.25) is 19.0 Å². The molecule has 0 saturated heterocycles. The van der Waals surface area contributed by atoms with Crippen LogP contribution in [0.5, 0.6) is 0 Å². The van der Waals surface area contributed by atoms with Gasteiger partial charge < -0.3 is 16.0 Å². The summed E-state index contributed by atoms with van der Waals surface area (Å²) >= 11 is 0. The van der Waals surface area contributed by atoms with E-state index >= 15 is 4.39 Å². The maximum Gasteiger partial charge on any atom is 0.231 e. The van der Waals surface area contributed by atoms with Crippen molar-refractivity contribution >= 4 is 34.7 Å². The van der Waals surface area contributed by atoms with Crippen LogP contribution in [0.3, 0.4) is 0 Å². The van der Waals surface area contributed by atoms with Crippen molar-refractivity contribution < 1.29 is 23.2 Å². The average molecular weight is 551 g/mol. The number of fused-ring (bicyclic) bond motifs is 3. The van der Waals surface area contributed by atoms with Crippen molar-refractivity contribution in [2.24, 2.45) is 11.3 Å². The number of nitrogens with one attached hydrogen (secondary N) is 3. The maximum atomic E-state index is 15.4. The molecular weight excluding hydrogens is 514 g/mol. The molecule has 1 saturated carbocycles. The normalized spacial score (nSPS) is 20.3. The predicted molar refractivity (Wildman–Crippen MR) is 152 cm³/mol. The van der Waals surface area contributed by atoms with Crippen LogP contribution in [0.25, 0.3) is 22.0 Å². The van der Waals surface area contributed by atoms with Gasteiger partial charge in [0.15, 0.2) is 6.29 Å². The fraction of sp³-hybridized carbons (Fsp3) is 0.452. The number of likely N-dealkylation sites (N-methyl/N-ethyl adjacent to an activating group) is 1. The number of benzene rings is 2. The quantitative estimate of drug-likeness (QED) is 0.261. The zero-order valence-corrected chi connectivity index (χ0v) is 23.2. The molecule has 2 aromatic carbocycles. The molecule has 1 amide bonds. The summed E-state index contributed by atoms with van der Waals surface area (Å²) in [7, 11) is 1.84. The number of halogens is 2. The number of aldehydes is 1. The highest BCUT2D eigenvalue weighted by molar-refractivity contribution is 6.05. The number of aromatic nitrogens is 1. The number of hydrogen-bond acceptors (Lipinski definition) is 5. The molecule has 5 rings (SSSR count).